The summed E-state index contributed by atoms with van der Waals surface area (Å²) in [5.41, 5.74) is 0.845. The number of pyridine rings is 1. The highest BCUT2D eigenvalue weighted by Crippen LogP contribution is 2.23. The molecule has 0 aliphatic heterocycles. The van der Waals surface area contributed by atoms with Crippen molar-refractivity contribution in [3.8, 4) is 0 Å². The number of aromatic nitrogens is 2. The maximum atomic E-state index is 12.2. The number of unbranched alkanes of at least 4 members (excludes halogenated alkanes) is 2. The predicted octanol–water partition coefficient (Wildman–Crippen LogP) is 4.60. The van der Waals surface area contributed by atoms with Gasteiger partial charge in [-0.05, 0) is 12.5 Å². The molecule has 0 aliphatic rings. The van der Waals surface area contributed by atoms with Gasteiger partial charge in [-0.25, -0.2) is 9.78 Å². The first-order chi connectivity index (χ1) is 11.1. The third-order valence-corrected chi connectivity index (χ3v) is 4.11. The number of urea groups is 1. The minimum atomic E-state index is -0.482. The van der Waals surface area contributed by atoms with Gasteiger partial charge in [-0.2, -0.15) is 0 Å². The SMILES string of the molecule is CCCCCC(=O)c1cnccc1NC(=O)Nc1ncc(Cl)s1. The van der Waals surface area contributed by atoms with Crippen LogP contribution in [0.4, 0.5) is 15.6 Å². The third kappa shape index (κ3) is 5.30. The molecule has 0 atom stereocenters. The van der Waals surface area contributed by atoms with E-state index in [0.29, 0.717) is 27.1 Å². The predicted molar refractivity (Wildman–Crippen MR) is 92.5 cm³/mol. The van der Waals surface area contributed by atoms with Crippen molar-refractivity contribution in [2.24, 2.45) is 0 Å². The quantitative estimate of drug-likeness (QED) is 0.563. The number of thiazole rings is 1. The zero-order valence-corrected chi connectivity index (χ0v) is 14.2. The van der Waals surface area contributed by atoms with Crippen LogP contribution in [0.1, 0.15) is 43.0 Å². The van der Waals surface area contributed by atoms with E-state index >= 15 is 0 Å². The molecule has 0 aromatic carbocycles. The average molecular weight is 353 g/mol. The normalized spacial score (nSPS) is 10.3. The Kier molecular flexibility index (Phi) is 6.49. The maximum absolute atomic E-state index is 12.2. The van der Waals surface area contributed by atoms with Crippen molar-refractivity contribution in [2.45, 2.75) is 32.6 Å². The summed E-state index contributed by atoms with van der Waals surface area (Å²) in [4.78, 5) is 32.1. The minimum Gasteiger partial charge on any atom is -0.307 e. The van der Waals surface area contributed by atoms with Crippen LogP contribution in [0.5, 0.6) is 0 Å². The summed E-state index contributed by atoms with van der Waals surface area (Å²) in [6, 6.07) is 1.12. The van der Waals surface area contributed by atoms with Crippen molar-refractivity contribution in [3.63, 3.8) is 0 Å². The molecule has 0 radical (unpaired) electrons. The molecular formula is C15H17ClN4O2S. The van der Waals surface area contributed by atoms with E-state index in [0.717, 1.165) is 30.6 Å². The molecule has 2 amide bonds. The van der Waals surface area contributed by atoms with Crippen LogP contribution in [0.2, 0.25) is 4.34 Å². The second-order valence-corrected chi connectivity index (χ2v) is 6.51. The zero-order chi connectivity index (χ0) is 16.7. The van der Waals surface area contributed by atoms with Crippen molar-refractivity contribution in [1.82, 2.24) is 9.97 Å². The molecule has 0 unspecified atom stereocenters. The molecule has 0 bridgehead atoms. The number of rotatable bonds is 7. The lowest BCUT2D eigenvalue weighted by Gasteiger charge is -2.10. The van der Waals surface area contributed by atoms with Crippen molar-refractivity contribution >= 4 is 45.6 Å². The van der Waals surface area contributed by atoms with E-state index < -0.39 is 6.03 Å². The number of halogens is 1. The molecule has 2 N–H and O–H groups in total. The number of amides is 2. The summed E-state index contributed by atoms with van der Waals surface area (Å²) >= 11 is 6.92. The van der Waals surface area contributed by atoms with Gasteiger partial charge in [0.2, 0.25) is 0 Å². The fraction of sp³-hybridized carbons (Fsp3) is 0.333. The number of hydrogen-bond donors (Lipinski definition) is 2. The van der Waals surface area contributed by atoms with Gasteiger partial charge in [0.15, 0.2) is 10.9 Å². The van der Waals surface area contributed by atoms with E-state index in [9.17, 15) is 9.59 Å². The Bertz CT molecular complexity index is 690. The lowest BCUT2D eigenvalue weighted by molar-refractivity contribution is 0.0980. The summed E-state index contributed by atoms with van der Waals surface area (Å²) in [7, 11) is 0. The molecule has 0 saturated carbocycles. The van der Waals surface area contributed by atoms with Gasteiger partial charge < -0.3 is 5.32 Å². The van der Waals surface area contributed by atoms with Gasteiger partial charge in [0.05, 0.1) is 17.4 Å². The van der Waals surface area contributed by atoms with Crippen LogP contribution in [0.25, 0.3) is 0 Å². The molecule has 2 rings (SSSR count). The Morgan fingerprint density at radius 1 is 1.26 bits per heavy atom. The Labute approximate surface area is 143 Å². The monoisotopic (exact) mass is 352 g/mol. The number of carbonyl (C=O) groups is 2. The van der Waals surface area contributed by atoms with Crippen LogP contribution in [-0.2, 0) is 0 Å². The number of Topliss-reactive ketones (excluding diaryl/α,β-unsaturated/α-hetero) is 1. The standard InChI is InChI=1S/C15H17ClN4O2S/c1-2-3-4-5-12(21)10-8-17-7-6-11(10)19-14(22)20-15-18-9-13(16)23-15/h6-9H,2-5H2,1H3,(H2,17,18,19,20,22). The Balaban J connectivity index is 2.01. The Morgan fingerprint density at radius 3 is 2.78 bits per heavy atom. The van der Waals surface area contributed by atoms with Gasteiger partial charge in [0.1, 0.15) is 4.34 Å². The second kappa shape index (κ2) is 8.59. The highest BCUT2D eigenvalue weighted by atomic mass is 35.5. The molecule has 122 valence electrons. The first kappa shape index (κ1) is 17.4. The number of anilines is 2. The van der Waals surface area contributed by atoms with E-state index in [2.05, 4.69) is 27.5 Å². The maximum Gasteiger partial charge on any atom is 0.325 e. The van der Waals surface area contributed by atoms with Crippen LogP contribution < -0.4 is 10.6 Å². The number of nitrogens with one attached hydrogen (secondary N) is 2. The average Bonchev–Trinajstić information content (AvgIpc) is 2.92. The summed E-state index contributed by atoms with van der Waals surface area (Å²) in [6.45, 7) is 2.08. The Morgan fingerprint density at radius 2 is 2.09 bits per heavy atom. The van der Waals surface area contributed by atoms with Crippen molar-refractivity contribution in [2.75, 3.05) is 10.6 Å². The largest absolute Gasteiger partial charge is 0.325 e. The Hall–Kier alpha value is -1.99. The molecule has 0 aliphatic carbocycles. The number of carbonyl (C=O) groups excluding carboxylic acids is 2. The topological polar surface area (TPSA) is 84.0 Å². The molecule has 0 spiro atoms. The highest BCUT2D eigenvalue weighted by molar-refractivity contribution is 7.19. The van der Waals surface area contributed by atoms with E-state index in [1.807, 2.05) is 0 Å². The van der Waals surface area contributed by atoms with Crippen molar-refractivity contribution in [3.05, 3.63) is 34.6 Å². The van der Waals surface area contributed by atoms with E-state index in [4.69, 9.17) is 11.6 Å². The van der Waals surface area contributed by atoms with Crippen LogP contribution in [0, 0.1) is 0 Å². The van der Waals surface area contributed by atoms with E-state index in [1.165, 1.54) is 18.6 Å². The smallest absolute Gasteiger partial charge is 0.307 e. The second-order valence-electron chi connectivity index (χ2n) is 4.85. The van der Waals surface area contributed by atoms with Gasteiger partial charge in [-0.3, -0.25) is 15.1 Å². The first-order valence-corrected chi connectivity index (χ1v) is 8.46. The van der Waals surface area contributed by atoms with Crippen LogP contribution >= 0.6 is 22.9 Å². The lowest BCUT2D eigenvalue weighted by atomic mass is 10.1. The van der Waals surface area contributed by atoms with Crippen LogP contribution in [0.15, 0.2) is 24.7 Å². The molecule has 8 heteroatoms. The summed E-state index contributed by atoms with van der Waals surface area (Å²) in [5.74, 6) is -0.0286. The van der Waals surface area contributed by atoms with Gasteiger partial charge in [-0.1, -0.05) is 42.7 Å². The number of ketones is 1. The molecule has 2 heterocycles. The van der Waals surface area contributed by atoms with Gasteiger partial charge in [0, 0.05) is 18.8 Å². The zero-order valence-electron chi connectivity index (χ0n) is 12.6. The minimum absolute atomic E-state index is 0.0286. The number of hydrogen-bond acceptors (Lipinski definition) is 5. The fourth-order valence-electron chi connectivity index (χ4n) is 1.96. The van der Waals surface area contributed by atoms with Gasteiger partial charge in [0.25, 0.3) is 0 Å². The molecule has 0 fully saturated rings. The summed E-state index contributed by atoms with van der Waals surface area (Å²) in [5, 5.41) is 5.61. The van der Waals surface area contributed by atoms with E-state index in [1.54, 1.807) is 6.07 Å². The number of nitrogens with zero attached hydrogens (tertiary/aromatic N) is 2. The summed E-state index contributed by atoms with van der Waals surface area (Å²) < 4.78 is 0.482. The van der Waals surface area contributed by atoms with Crippen molar-refractivity contribution < 1.29 is 9.59 Å². The van der Waals surface area contributed by atoms with Crippen molar-refractivity contribution in [1.29, 1.82) is 0 Å². The highest BCUT2D eigenvalue weighted by Gasteiger charge is 2.14. The fourth-order valence-corrected chi connectivity index (χ4v) is 2.77. The third-order valence-electron chi connectivity index (χ3n) is 3.08. The first-order valence-electron chi connectivity index (χ1n) is 7.26. The molecule has 2 aromatic rings. The van der Waals surface area contributed by atoms with Crippen LogP contribution in [-0.4, -0.2) is 21.8 Å². The summed E-state index contributed by atoms with van der Waals surface area (Å²) in [6.07, 6.45) is 7.77. The molecule has 23 heavy (non-hydrogen) atoms. The van der Waals surface area contributed by atoms with E-state index in [-0.39, 0.29) is 5.78 Å². The molecule has 6 nitrogen and oxygen atoms in total. The van der Waals surface area contributed by atoms with Crippen LogP contribution in [0.3, 0.4) is 0 Å². The van der Waals surface area contributed by atoms with Gasteiger partial charge in [-0.15, -0.1) is 0 Å². The molecular weight excluding hydrogens is 336 g/mol. The molecule has 2 aromatic heterocycles. The van der Waals surface area contributed by atoms with Gasteiger partial charge >= 0.3 is 6.03 Å². The molecule has 0 saturated heterocycles. The lowest BCUT2D eigenvalue weighted by Crippen LogP contribution is -2.21.